The van der Waals surface area contributed by atoms with E-state index in [1.54, 1.807) is 0 Å². The number of hydrogen-bond acceptors (Lipinski definition) is 3. The zero-order valence-corrected chi connectivity index (χ0v) is 15.2. The molecule has 1 amide bonds. The van der Waals surface area contributed by atoms with Crippen LogP contribution in [0.1, 0.15) is 34.8 Å². The highest BCUT2D eigenvalue weighted by atomic mass is 19.4. The van der Waals surface area contributed by atoms with Gasteiger partial charge in [-0.05, 0) is 30.2 Å². The third-order valence-corrected chi connectivity index (χ3v) is 4.70. The first kappa shape index (κ1) is 19.2. The van der Waals surface area contributed by atoms with Crippen LogP contribution >= 0.6 is 0 Å². The maximum atomic E-state index is 13.2. The third kappa shape index (κ3) is 4.40. The second-order valence-corrected chi connectivity index (χ2v) is 6.60. The van der Waals surface area contributed by atoms with E-state index in [0.717, 1.165) is 24.7 Å². The molecular weight excluding hydrogens is 355 g/mol. The zero-order chi connectivity index (χ0) is 19.4. The fraction of sp³-hybridized carbons (Fsp3) is 0.400. The summed E-state index contributed by atoms with van der Waals surface area (Å²) in [5, 5.41) is 0. The molecule has 0 bridgehead atoms. The van der Waals surface area contributed by atoms with Gasteiger partial charge in [-0.1, -0.05) is 31.5 Å². The summed E-state index contributed by atoms with van der Waals surface area (Å²) in [6, 6.07) is 8.95. The van der Waals surface area contributed by atoms with Gasteiger partial charge in [0.15, 0.2) is 0 Å². The van der Waals surface area contributed by atoms with E-state index in [0.29, 0.717) is 26.2 Å². The number of carbonyl (C=O) groups excluding carboxylic acids is 1. The number of piperazine rings is 1. The molecule has 2 aromatic rings. The summed E-state index contributed by atoms with van der Waals surface area (Å²) in [5.41, 5.74) is 0.00456. The number of benzene rings is 1. The highest BCUT2D eigenvalue weighted by Crippen LogP contribution is 2.32. The molecule has 1 fully saturated rings. The normalized spacial score (nSPS) is 15.1. The van der Waals surface area contributed by atoms with Crippen molar-refractivity contribution in [2.45, 2.75) is 25.9 Å². The highest BCUT2D eigenvalue weighted by Gasteiger charge is 2.36. The fourth-order valence-corrected chi connectivity index (χ4v) is 3.27. The van der Waals surface area contributed by atoms with E-state index >= 15 is 0 Å². The van der Waals surface area contributed by atoms with Gasteiger partial charge < -0.3 is 9.80 Å². The van der Waals surface area contributed by atoms with Crippen LogP contribution in [0.25, 0.3) is 0 Å². The molecule has 1 aromatic heterocycles. The van der Waals surface area contributed by atoms with Gasteiger partial charge in [0, 0.05) is 32.4 Å². The molecule has 0 aliphatic carbocycles. The number of rotatable bonds is 4. The number of anilines is 1. The van der Waals surface area contributed by atoms with Crippen molar-refractivity contribution < 1.29 is 18.0 Å². The van der Waals surface area contributed by atoms with Crippen molar-refractivity contribution in [3.63, 3.8) is 0 Å². The van der Waals surface area contributed by atoms with Gasteiger partial charge in [-0.3, -0.25) is 4.79 Å². The summed E-state index contributed by atoms with van der Waals surface area (Å²) in [5.74, 6) is 0.256. The van der Waals surface area contributed by atoms with Crippen LogP contribution in [0, 0.1) is 0 Å². The second-order valence-electron chi connectivity index (χ2n) is 6.60. The lowest BCUT2D eigenvalue weighted by atomic mass is 10.1. The van der Waals surface area contributed by atoms with Gasteiger partial charge in [-0.25, -0.2) is 4.98 Å². The first-order valence-corrected chi connectivity index (χ1v) is 9.05. The number of carbonyl (C=O) groups is 1. The van der Waals surface area contributed by atoms with E-state index in [1.807, 2.05) is 18.3 Å². The number of nitrogens with zero attached hydrogens (tertiary/aromatic N) is 3. The van der Waals surface area contributed by atoms with Gasteiger partial charge in [0.25, 0.3) is 5.91 Å². The van der Waals surface area contributed by atoms with Crippen molar-refractivity contribution >= 4 is 11.7 Å². The SMILES string of the molecule is CCCc1ccc(N2CCN(C(=O)c3ccccc3C(F)(F)F)CC2)nc1. The van der Waals surface area contributed by atoms with Crippen LogP contribution in [0.3, 0.4) is 0 Å². The standard InChI is InChI=1S/C20H22F3N3O/c1-2-5-15-8-9-18(24-14-15)25-10-12-26(13-11-25)19(27)16-6-3-4-7-17(16)20(21,22)23/h3-4,6-9,14H,2,5,10-13H2,1H3. The first-order chi connectivity index (χ1) is 12.9. The van der Waals surface area contributed by atoms with Gasteiger partial charge in [-0.2, -0.15) is 13.2 Å². The maximum absolute atomic E-state index is 13.2. The predicted molar refractivity (Wildman–Crippen MR) is 97.8 cm³/mol. The van der Waals surface area contributed by atoms with Gasteiger partial charge >= 0.3 is 6.18 Å². The van der Waals surface area contributed by atoms with Gasteiger partial charge in [-0.15, -0.1) is 0 Å². The van der Waals surface area contributed by atoms with E-state index in [1.165, 1.54) is 28.7 Å². The van der Waals surface area contributed by atoms with Crippen LogP contribution in [0.4, 0.5) is 19.0 Å². The minimum atomic E-state index is -4.54. The van der Waals surface area contributed by atoms with Crippen LogP contribution in [-0.2, 0) is 12.6 Å². The molecule has 1 aliphatic heterocycles. The van der Waals surface area contributed by atoms with Gasteiger partial charge in [0.05, 0.1) is 11.1 Å². The Kier molecular flexibility index (Phi) is 5.68. The molecule has 27 heavy (non-hydrogen) atoms. The Morgan fingerprint density at radius 2 is 1.78 bits per heavy atom. The fourth-order valence-electron chi connectivity index (χ4n) is 3.27. The molecule has 2 heterocycles. The highest BCUT2D eigenvalue weighted by molar-refractivity contribution is 5.96. The van der Waals surface area contributed by atoms with Crippen molar-refractivity contribution in [3.8, 4) is 0 Å². The first-order valence-electron chi connectivity index (χ1n) is 9.05. The quantitative estimate of drug-likeness (QED) is 0.808. The lowest BCUT2D eigenvalue weighted by Crippen LogP contribution is -2.49. The molecule has 3 rings (SSSR count). The summed E-state index contributed by atoms with van der Waals surface area (Å²) in [4.78, 5) is 20.6. The van der Waals surface area contributed by atoms with E-state index in [4.69, 9.17) is 0 Å². The van der Waals surface area contributed by atoms with E-state index in [-0.39, 0.29) is 5.56 Å². The topological polar surface area (TPSA) is 36.4 Å². The van der Waals surface area contributed by atoms with Crippen LogP contribution in [0.5, 0.6) is 0 Å². The largest absolute Gasteiger partial charge is 0.417 e. The van der Waals surface area contributed by atoms with Crippen molar-refractivity contribution in [2.75, 3.05) is 31.1 Å². The molecule has 0 N–H and O–H groups in total. The van der Waals surface area contributed by atoms with Crippen LogP contribution in [-0.4, -0.2) is 42.0 Å². The molecule has 0 unspecified atom stereocenters. The number of aromatic nitrogens is 1. The van der Waals surface area contributed by atoms with E-state index in [9.17, 15) is 18.0 Å². The summed E-state index contributed by atoms with van der Waals surface area (Å²) in [7, 11) is 0. The minimum absolute atomic E-state index is 0.291. The zero-order valence-electron chi connectivity index (χ0n) is 15.2. The van der Waals surface area contributed by atoms with E-state index < -0.39 is 17.6 Å². The third-order valence-electron chi connectivity index (χ3n) is 4.70. The summed E-state index contributed by atoms with van der Waals surface area (Å²) >= 11 is 0. The molecule has 0 atom stereocenters. The Bertz CT molecular complexity index is 782. The number of aryl methyl sites for hydroxylation is 1. The average Bonchev–Trinajstić information content (AvgIpc) is 2.68. The number of halogens is 3. The molecule has 1 aliphatic rings. The lowest BCUT2D eigenvalue weighted by Gasteiger charge is -2.35. The summed E-state index contributed by atoms with van der Waals surface area (Å²) in [6.45, 7) is 3.92. The van der Waals surface area contributed by atoms with Crippen molar-refractivity contribution in [1.82, 2.24) is 9.88 Å². The lowest BCUT2D eigenvalue weighted by molar-refractivity contribution is -0.138. The van der Waals surface area contributed by atoms with Gasteiger partial charge in [0.2, 0.25) is 0 Å². The van der Waals surface area contributed by atoms with Crippen molar-refractivity contribution in [2.24, 2.45) is 0 Å². The number of pyridine rings is 1. The molecule has 0 radical (unpaired) electrons. The van der Waals surface area contributed by atoms with Crippen LogP contribution in [0.15, 0.2) is 42.6 Å². The Morgan fingerprint density at radius 1 is 1.07 bits per heavy atom. The molecular formula is C20H22F3N3O. The predicted octanol–water partition coefficient (Wildman–Crippen LogP) is 4.02. The summed E-state index contributed by atoms with van der Waals surface area (Å²) in [6.07, 6.45) is -0.649. The van der Waals surface area contributed by atoms with E-state index in [2.05, 4.69) is 16.8 Å². The van der Waals surface area contributed by atoms with Gasteiger partial charge in [0.1, 0.15) is 5.82 Å². The smallest absolute Gasteiger partial charge is 0.353 e. The molecule has 0 spiro atoms. The molecule has 1 aromatic carbocycles. The molecule has 1 saturated heterocycles. The van der Waals surface area contributed by atoms with Crippen LogP contribution < -0.4 is 4.90 Å². The molecule has 144 valence electrons. The molecule has 7 heteroatoms. The summed E-state index contributed by atoms with van der Waals surface area (Å²) < 4.78 is 39.5. The van der Waals surface area contributed by atoms with Crippen LogP contribution in [0.2, 0.25) is 0 Å². The van der Waals surface area contributed by atoms with Crippen molar-refractivity contribution in [3.05, 3.63) is 59.3 Å². The van der Waals surface area contributed by atoms with Crippen molar-refractivity contribution in [1.29, 1.82) is 0 Å². The Hall–Kier alpha value is -2.57. The Labute approximate surface area is 156 Å². The Morgan fingerprint density at radius 3 is 2.37 bits per heavy atom. The minimum Gasteiger partial charge on any atom is -0.353 e. The second kappa shape index (κ2) is 7.98. The maximum Gasteiger partial charge on any atom is 0.417 e. The molecule has 0 saturated carbocycles. The average molecular weight is 377 g/mol. The number of amides is 1. The molecule has 4 nitrogen and oxygen atoms in total. The monoisotopic (exact) mass is 377 g/mol. The number of hydrogen-bond donors (Lipinski definition) is 0. The number of alkyl halides is 3. The Balaban J connectivity index is 1.66.